The van der Waals surface area contributed by atoms with Crippen molar-refractivity contribution >= 4 is 33.8 Å². The van der Waals surface area contributed by atoms with Crippen LogP contribution in [0.5, 0.6) is 0 Å². The Morgan fingerprint density at radius 1 is 1.55 bits per heavy atom. The van der Waals surface area contributed by atoms with E-state index in [4.69, 9.17) is 16.9 Å². The van der Waals surface area contributed by atoms with Crippen molar-refractivity contribution in [2.45, 2.75) is 26.0 Å². The van der Waals surface area contributed by atoms with Crippen LogP contribution >= 0.6 is 23.1 Å². The lowest BCUT2D eigenvalue weighted by Crippen LogP contribution is -2.30. The number of benzene rings is 1. The highest BCUT2D eigenvalue weighted by molar-refractivity contribution is 7.11. The Hall–Kier alpha value is -1.88. The number of hydrogen-bond acceptors (Lipinski definition) is 5. The molecule has 0 unspecified atom stereocenters. The van der Waals surface area contributed by atoms with Crippen LogP contribution in [0.1, 0.15) is 19.4 Å². The highest BCUT2D eigenvalue weighted by Crippen LogP contribution is 2.31. The number of aromatic nitrogens is 1. The van der Waals surface area contributed by atoms with Gasteiger partial charge < -0.3 is 10.4 Å². The lowest BCUT2D eigenvalue weighted by Gasteiger charge is -2.16. The quantitative estimate of drug-likeness (QED) is 0.895. The second-order valence-electron chi connectivity index (χ2n) is 5.28. The third-order valence-electron chi connectivity index (χ3n) is 2.71. The molecule has 8 heteroatoms. The van der Waals surface area contributed by atoms with E-state index in [2.05, 4.69) is 5.32 Å². The molecular formula is C14H13ClFN3O2S. The van der Waals surface area contributed by atoms with E-state index >= 15 is 0 Å². The van der Waals surface area contributed by atoms with Gasteiger partial charge in [-0.25, -0.2) is 4.39 Å². The fraction of sp³-hybridized carbons (Fsp3) is 0.286. The van der Waals surface area contributed by atoms with Crippen LogP contribution in [0, 0.1) is 17.1 Å². The number of anilines is 2. The van der Waals surface area contributed by atoms with Crippen LogP contribution in [0.15, 0.2) is 23.0 Å². The lowest BCUT2D eigenvalue weighted by atomic mass is 10.1. The molecule has 1 aromatic heterocycles. The fourth-order valence-corrected chi connectivity index (χ4v) is 3.15. The summed E-state index contributed by atoms with van der Waals surface area (Å²) in [4.78, 5) is 12.1. The van der Waals surface area contributed by atoms with E-state index in [0.29, 0.717) is 0 Å². The molecule has 0 spiro atoms. The summed E-state index contributed by atoms with van der Waals surface area (Å²) in [7, 11) is 0. The Bertz CT molecular complexity index is 782. The molecule has 0 saturated heterocycles. The third kappa shape index (κ3) is 3.47. The van der Waals surface area contributed by atoms with E-state index in [1.54, 1.807) is 19.9 Å². The normalized spacial score (nSPS) is 11.3. The summed E-state index contributed by atoms with van der Waals surface area (Å²) in [5.74, 6) is -0.591. The molecule has 2 aromatic rings. The molecule has 2 rings (SSSR count). The average Bonchev–Trinajstić information content (AvgIpc) is 2.68. The Labute approximate surface area is 135 Å². The third-order valence-corrected chi connectivity index (χ3v) is 4.03. The van der Waals surface area contributed by atoms with Crippen molar-refractivity contribution in [2.75, 3.05) is 5.32 Å². The van der Waals surface area contributed by atoms with Crippen LogP contribution in [0.25, 0.3) is 0 Å². The van der Waals surface area contributed by atoms with E-state index in [-0.39, 0.29) is 27.8 Å². The van der Waals surface area contributed by atoms with Crippen molar-refractivity contribution in [3.63, 3.8) is 0 Å². The first-order chi connectivity index (χ1) is 10.2. The molecule has 5 nitrogen and oxygen atoms in total. The monoisotopic (exact) mass is 341 g/mol. The minimum atomic E-state index is -1.12. The zero-order valence-corrected chi connectivity index (χ0v) is 13.4. The molecule has 1 aromatic carbocycles. The summed E-state index contributed by atoms with van der Waals surface area (Å²) in [6.45, 7) is 3.12. The van der Waals surface area contributed by atoms with E-state index in [1.807, 2.05) is 0 Å². The summed E-state index contributed by atoms with van der Waals surface area (Å²) < 4.78 is 15.0. The van der Waals surface area contributed by atoms with Gasteiger partial charge in [0.15, 0.2) is 5.56 Å². The number of para-hydroxylation sites is 1. The molecule has 22 heavy (non-hydrogen) atoms. The van der Waals surface area contributed by atoms with Crippen LogP contribution in [-0.2, 0) is 6.54 Å². The van der Waals surface area contributed by atoms with Gasteiger partial charge in [0.05, 0.1) is 22.9 Å². The van der Waals surface area contributed by atoms with Crippen molar-refractivity contribution < 1.29 is 9.50 Å². The zero-order valence-electron chi connectivity index (χ0n) is 11.9. The smallest absolute Gasteiger partial charge is 0.280 e. The molecule has 0 saturated carbocycles. The van der Waals surface area contributed by atoms with Crippen LogP contribution in [-0.4, -0.2) is 14.7 Å². The molecule has 0 atom stereocenters. The maximum absolute atomic E-state index is 13.8. The molecular weight excluding hydrogens is 329 g/mol. The van der Waals surface area contributed by atoms with Gasteiger partial charge in [0, 0.05) is 0 Å². The summed E-state index contributed by atoms with van der Waals surface area (Å²) in [5.41, 5.74) is -1.80. The molecule has 1 heterocycles. The van der Waals surface area contributed by atoms with E-state index in [0.717, 1.165) is 11.5 Å². The van der Waals surface area contributed by atoms with Gasteiger partial charge in [-0.05, 0) is 37.5 Å². The average molecular weight is 342 g/mol. The number of aliphatic hydroxyl groups is 1. The van der Waals surface area contributed by atoms with Crippen molar-refractivity contribution in [3.05, 3.63) is 45.0 Å². The van der Waals surface area contributed by atoms with Crippen LogP contribution in [0.3, 0.4) is 0 Å². The Morgan fingerprint density at radius 2 is 2.23 bits per heavy atom. The first-order valence-corrected chi connectivity index (χ1v) is 7.45. The van der Waals surface area contributed by atoms with Crippen molar-refractivity contribution in [2.24, 2.45) is 0 Å². The molecule has 0 amide bonds. The van der Waals surface area contributed by atoms with Crippen LogP contribution < -0.4 is 10.9 Å². The molecule has 0 aliphatic rings. The molecule has 0 bridgehead atoms. The maximum atomic E-state index is 13.8. The molecule has 0 radical (unpaired) electrons. The minimum Gasteiger partial charge on any atom is -0.389 e. The standard InChI is InChI=1S/C14H13ClFN3O2S/c1-14(2,21)7-19-13(20)8(6-17)12(22-19)18-11-9(15)4-3-5-10(11)16/h3-5,18,21H,7H2,1-2H3. The van der Waals surface area contributed by atoms with Gasteiger partial charge in [0.2, 0.25) is 0 Å². The van der Waals surface area contributed by atoms with Gasteiger partial charge in [-0.1, -0.05) is 17.7 Å². The predicted molar refractivity (Wildman–Crippen MR) is 84.3 cm³/mol. The number of rotatable bonds is 4. The highest BCUT2D eigenvalue weighted by Gasteiger charge is 2.21. The Morgan fingerprint density at radius 3 is 2.77 bits per heavy atom. The SMILES string of the molecule is CC(C)(O)Cn1sc(Nc2c(F)cccc2Cl)c(C#N)c1=O. The van der Waals surface area contributed by atoms with Gasteiger partial charge in [-0.3, -0.25) is 8.75 Å². The van der Waals surface area contributed by atoms with Gasteiger partial charge in [-0.2, -0.15) is 5.26 Å². The Balaban J connectivity index is 2.46. The molecule has 2 N–H and O–H groups in total. The predicted octanol–water partition coefficient (Wildman–Crippen LogP) is 3.09. The summed E-state index contributed by atoms with van der Waals surface area (Å²) in [6, 6.07) is 5.97. The number of nitrogens with one attached hydrogen (secondary N) is 1. The molecule has 116 valence electrons. The van der Waals surface area contributed by atoms with Crippen molar-refractivity contribution in [1.29, 1.82) is 5.26 Å². The summed E-state index contributed by atoms with van der Waals surface area (Å²) >= 11 is 6.86. The van der Waals surface area contributed by atoms with Crippen LogP contribution in [0.2, 0.25) is 5.02 Å². The number of halogens is 2. The second-order valence-corrected chi connectivity index (χ2v) is 6.72. The number of nitriles is 1. The minimum absolute atomic E-state index is 0.00248. The first-order valence-electron chi connectivity index (χ1n) is 6.30. The largest absolute Gasteiger partial charge is 0.389 e. The molecule has 0 aliphatic heterocycles. The number of hydrogen-bond donors (Lipinski definition) is 2. The van der Waals surface area contributed by atoms with E-state index in [9.17, 15) is 14.3 Å². The first kappa shape index (κ1) is 16.5. The number of nitrogens with zero attached hydrogens (tertiary/aromatic N) is 2. The summed E-state index contributed by atoms with van der Waals surface area (Å²) in [6.07, 6.45) is 0. The lowest BCUT2D eigenvalue weighted by molar-refractivity contribution is 0.0638. The maximum Gasteiger partial charge on any atom is 0.280 e. The van der Waals surface area contributed by atoms with Crippen LogP contribution in [0.4, 0.5) is 15.1 Å². The van der Waals surface area contributed by atoms with Crippen molar-refractivity contribution in [3.8, 4) is 6.07 Å². The van der Waals surface area contributed by atoms with Gasteiger partial charge in [-0.15, -0.1) is 0 Å². The second kappa shape index (κ2) is 6.08. The highest BCUT2D eigenvalue weighted by atomic mass is 35.5. The van der Waals surface area contributed by atoms with E-state index < -0.39 is 17.0 Å². The molecule has 0 aliphatic carbocycles. The zero-order chi connectivity index (χ0) is 16.5. The van der Waals surface area contributed by atoms with Gasteiger partial charge in [0.25, 0.3) is 5.56 Å². The molecule has 0 fully saturated rings. The fourth-order valence-electron chi connectivity index (χ4n) is 1.79. The topological polar surface area (TPSA) is 78.0 Å². The van der Waals surface area contributed by atoms with E-state index in [1.165, 1.54) is 22.2 Å². The van der Waals surface area contributed by atoms with Crippen molar-refractivity contribution in [1.82, 2.24) is 3.96 Å². The van der Waals surface area contributed by atoms with Gasteiger partial charge in [0.1, 0.15) is 16.9 Å². The Kier molecular flexibility index (Phi) is 4.56. The summed E-state index contributed by atoms with van der Waals surface area (Å²) in [5, 5.41) is 22.0. The van der Waals surface area contributed by atoms with Gasteiger partial charge >= 0.3 is 0 Å².